The van der Waals surface area contributed by atoms with Gasteiger partial charge in [-0.2, -0.15) is 0 Å². The highest BCUT2D eigenvalue weighted by Crippen LogP contribution is 2.33. The minimum atomic E-state index is -0.739. The fraction of sp³-hybridized carbons (Fsp3) is 0.0556. The van der Waals surface area contributed by atoms with E-state index < -0.39 is 17.8 Å². The summed E-state index contributed by atoms with van der Waals surface area (Å²) in [4.78, 5) is 37.5. The summed E-state index contributed by atoms with van der Waals surface area (Å²) in [6, 6.07) is 9.88. The number of ether oxygens (including phenoxy) is 1. The van der Waals surface area contributed by atoms with Crippen LogP contribution >= 0.6 is 23.2 Å². The lowest BCUT2D eigenvalue weighted by Gasteiger charge is -2.15. The van der Waals surface area contributed by atoms with Gasteiger partial charge < -0.3 is 15.2 Å². The SMILES string of the molecule is COC(=O)c1ccc(N2C(=O)C(Cl)=C(Nc3cc(Cl)ccc3O)C2=O)cc1. The van der Waals surface area contributed by atoms with Crippen molar-refractivity contribution in [3.05, 3.63) is 63.8 Å². The van der Waals surface area contributed by atoms with Crippen LogP contribution < -0.4 is 10.2 Å². The van der Waals surface area contributed by atoms with E-state index in [2.05, 4.69) is 10.1 Å². The van der Waals surface area contributed by atoms with Crippen LogP contribution in [-0.4, -0.2) is 30.0 Å². The lowest BCUT2D eigenvalue weighted by atomic mass is 10.2. The van der Waals surface area contributed by atoms with E-state index in [-0.39, 0.29) is 33.4 Å². The number of halogens is 2. The first-order valence-electron chi connectivity index (χ1n) is 7.56. The number of phenols is 1. The summed E-state index contributed by atoms with van der Waals surface area (Å²) in [6.45, 7) is 0. The van der Waals surface area contributed by atoms with Gasteiger partial charge in [0.05, 0.1) is 24.0 Å². The summed E-state index contributed by atoms with van der Waals surface area (Å²) in [5.74, 6) is -2.17. The van der Waals surface area contributed by atoms with Crippen molar-refractivity contribution in [2.24, 2.45) is 0 Å². The van der Waals surface area contributed by atoms with Crippen LogP contribution in [0, 0.1) is 0 Å². The molecule has 27 heavy (non-hydrogen) atoms. The van der Waals surface area contributed by atoms with Crippen LogP contribution in [0.3, 0.4) is 0 Å². The minimum absolute atomic E-state index is 0.125. The van der Waals surface area contributed by atoms with E-state index >= 15 is 0 Å². The van der Waals surface area contributed by atoms with Gasteiger partial charge in [0.1, 0.15) is 16.5 Å². The molecule has 2 N–H and O–H groups in total. The van der Waals surface area contributed by atoms with Crippen LogP contribution in [0.5, 0.6) is 5.75 Å². The largest absolute Gasteiger partial charge is 0.506 e. The molecule has 7 nitrogen and oxygen atoms in total. The number of carbonyl (C=O) groups excluding carboxylic acids is 3. The molecule has 2 aromatic carbocycles. The third kappa shape index (κ3) is 3.47. The summed E-state index contributed by atoms with van der Waals surface area (Å²) >= 11 is 11.9. The number of phenolic OH excluding ortho intramolecular Hbond substituents is 1. The number of hydrogen-bond donors (Lipinski definition) is 2. The van der Waals surface area contributed by atoms with Crippen molar-refractivity contribution in [1.29, 1.82) is 0 Å². The Labute approximate surface area is 163 Å². The summed E-state index contributed by atoms with van der Waals surface area (Å²) in [5.41, 5.74) is 0.417. The number of imide groups is 1. The highest BCUT2D eigenvalue weighted by atomic mass is 35.5. The number of amides is 2. The van der Waals surface area contributed by atoms with Crippen molar-refractivity contribution in [2.75, 3.05) is 17.3 Å². The van der Waals surface area contributed by atoms with Crippen molar-refractivity contribution in [2.45, 2.75) is 0 Å². The zero-order chi connectivity index (χ0) is 19.7. The summed E-state index contributed by atoms with van der Waals surface area (Å²) in [6.07, 6.45) is 0. The Morgan fingerprint density at radius 1 is 1.07 bits per heavy atom. The number of carbonyl (C=O) groups is 3. The summed E-state index contributed by atoms with van der Waals surface area (Å²) in [7, 11) is 1.25. The van der Waals surface area contributed by atoms with Crippen molar-refractivity contribution in [3.63, 3.8) is 0 Å². The molecule has 0 saturated heterocycles. The molecule has 0 aliphatic carbocycles. The molecular formula is C18H12Cl2N2O5. The number of nitrogens with zero attached hydrogens (tertiary/aromatic N) is 1. The van der Waals surface area contributed by atoms with Gasteiger partial charge in [-0.25, -0.2) is 9.69 Å². The zero-order valence-corrected chi connectivity index (χ0v) is 15.3. The number of benzene rings is 2. The first kappa shape index (κ1) is 18.8. The van der Waals surface area contributed by atoms with Crippen LogP contribution in [0.4, 0.5) is 11.4 Å². The molecule has 0 radical (unpaired) electrons. The van der Waals surface area contributed by atoms with Gasteiger partial charge in [0.2, 0.25) is 0 Å². The normalized spacial score (nSPS) is 14.0. The van der Waals surface area contributed by atoms with E-state index in [0.717, 1.165) is 4.90 Å². The first-order valence-corrected chi connectivity index (χ1v) is 8.31. The van der Waals surface area contributed by atoms with Crippen LogP contribution in [0.1, 0.15) is 10.4 Å². The number of esters is 1. The zero-order valence-electron chi connectivity index (χ0n) is 13.8. The molecule has 1 heterocycles. The number of anilines is 2. The Morgan fingerprint density at radius 3 is 2.37 bits per heavy atom. The molecule has 9 heteroatoms. The van der Waals surface area contributed by atoms with Crippen molar-refractivity contribution >= 4 is 52.4 Å². The van der Waals surface area contributed by atoms with Gasteiger partial charge in [-0.15, -0.1) is 0 Å². The lowest BCUT2D eigenvalue weighted by Crippen LogP contribution is -2.32. The molecule has 1 aliphatic rings. The molecule has 0 atom stereocenters. The Hall–Kier alpha value is -3.03. The monoisotopic (exact) mass is 406 g/mol. The fourth-order valence-electron chi connectivity index (χ4n) is 2.45. The van der Waals surface area contributed by atoms with E-state index in [9.17, 15) is 19.5 Å². The topological polar surface area (TPSA) is 95.9 Å². The predicted octanol–water partition coefficient (Wildman–Crippen LogP) is 3.27. The maximum Gasteiger partial charge on any atom is 0.337 e. The molecule has 3 rings (SSSR count). The van der Waals surface area contributed by atoms with Gasteiger partial charge in [0, 0.05) is 5.02 Å². The Bertz CT molecular complexity index is 986. The minimum Gasteiger partial charge on any atom is -0.506 e. The van der Waals surface area contributed by atoms with Crippen LogP contribution in [0.25, 0.3) is 0 Å². The molecule has 0 fully saturated rings. The van der Waals surface area contributed by atoms with Gasteiger partial charge in [-0.3, -0.25) is 9.59 Å². The van der Waals surface area contributed by atoms with Crippen LogP contribution in [0.15, 0.2) is 53.2 Å². The maximum absolute atomic E-state index is 12.7. The van der Waals surface area contributed by atoms with Gasteiger partial charge in [0.15, 0.2) is 0 Å². The molecule has 0 unspecified atom stereocenters. The Morgan fingerprint density at radius 2 is 1.74 bits per heavy atom. The molecule has 0 saturated carbocycles. The van der Waals surface area contributed by atoms with E-state index in [1.807, 2.05) is 0 Å². The Balaban J connectivity index is 1.89. The van der Waals surface area contributed by atoms with Crippen LogP contribution in [-0.2, 0) is 14.3 Å². The standard InChI is InChI=1S/C18H12Cl2N2O5/c1-27-18(26)9-2-5-11(6-3-9)22-16(24)14(20)15(17(22)25)21-12-8-10(19)4-7-13(12)23/h2-8,21,23H,1H3. The van der Waals surface area contributed by atoms with E-state index in [1.54, 1.807) is 0 Å². The lowest BCUT2D eigenvalue weighted by molar-refractivity contribution is -0.120. The number of nitrogens with one attached hydrogen (secondary N) is 1. The van der Waals surface area contributed by atoms with Crippen molar-refractivity contribution in [3.8, 4) is 5.75 Å². The van der Waals surface area contributed by atoms with Crippen molar-refractivity contribution in [1.82, 2.24) is 0 Å². The van der Waals surface area contributed by atoms with Gasteiger partial charge in [-0.05, 0) is 42.5 Å². The second kappa shape index (κ2) is 7.30. The van der Waals surface area contributed by atoms with Gasteiger partial charge in [0.25, 0.3) is 11.8 Å². The second-order valence-corrected chi connectivity index (χ2v) is 6.27. The average molecular weight is 407 g/mol. The molecule has 0 bridgehead atoms. The maximum atomic E-state index is 12.7. The van der Waals surface area contributed by atoms with Crippen LogP contribution in [0.2, 0.25) is 5.02 Å². The highest BCUT2D eigenvalue weighted by molar-refractivity contribution is 6.53. The predicted molar refractivity (Wildman–Crippen MR) is 99.9 cm³/mol. The number of methoxy groups -OCH3 is 1. The second-order valence-electron chi connectivity index (χ2n) is 5.46. The average Bonchev–Trinajstić information content (AvgIpc) is 2.87. The Kier molecular flexibility index (Phi) is 5.07. The first-order chi connectivity index (χ1) is 12.8. The molecule has 2 amide bonds. The number of rotatable bonds is 4. The third-order valence-electron chi connectivity index (χ3n) is 3.79. The number of aromatic hydroxyl groups is 1. The summed E-state index contributed by atoms with van der Waals surface area (Å²) in [5, 5.41) is 12.5. The third-order valence-corrected chi connectivity index (χ3v) is 4.38. The molecule has 0 spiro atoms. The molecule has 138 valence electrons. The molecule has 2 aromatic rings. The smallest absolute Gasteiger partial charge is 0.337 e. The quantitative estimate of drug-likeness (QED) is 0.459. The fourth-order valence-corrected chi connectivity index (χ4v) is 2.84. The van der Waals surface area contributed by atoms with E-state index in [4.69, 9.17) is 23.2 Å². The van der Waals surface area contributed by atoms with Gasteiger partial charge in [-0.1, -0.05) is 23.2 Å². The summed E-state index contributed by atoms with van der Waals surface area (Å²) < 4.78 is 4.60. The highest BCUT2D eigenvalue weighted by Gasteiger charge is 2.39. The molecule has 0 aromatic heterocycles. The molecular weight excluding hydrogens is 395 g/mol. The number of hydrogen-bond acceptors (Lipinski definition) is 6. The van der Waals surface area contributed by atoms with Crippen molar-refractivity contribution < 1.29 is 24.2 Å². The van der Waals surface area contributed by atoms with E-state index in [1.165, 1.54) is 49.6 Å². The molecule has 1 aliphatic heterocycles. The van der Waals surface area contributed by atoms with Gasteiger partial charge >= 0.3 is 5.97 Å². The van der Waals surface area contributed by atoms with E-state index in [0.29, 0.717) is 5.02 Å².